The molecule has 0 spiro atoms. The number of benzene rings is 2. The van der Waals surface area contributed by atoms with E-state index in [-0.39, 0.29) is 11.5 Å². The van der Waals surface area contributed by atoms with Crippen molar-refractivity contribution in [2.75, 3.05) is 6.61 Å². The normalized spacial score (nSPS) is 12.1. The SMILES string of the molecule is CCOC(=O)[C@@H](C)Sc1nc2ccc(I)cc2c(=O)n1-c1ccc(C)cc1. The second-order valence-electron chi connectivity index (χ2n) is 6.04. The Labute approximate surface area is 175 Å². The summed E-state index contributed by atoms with van der Waals surface area (Å²) in [5.74, 6) is -0.324. The second kappa shape index (κ2) is 8.43. The molecule has 0 aliphatic rings. The number of fused-ring (bicyclic) bond motifs is 1. The smallest absolute Gasteiger partial charge is 0.319 e. The van der Waals surface area contributed by atoms with Gasteiger partial charge in [0.25, 0.3) is 5.56 Å². The van der Waals surface area contributed by atoms with E-state index in [1.807, 2.05) is 49.4 Å². The number of carbonyl (C=O) groups excluding carboxylic acids is 1. The Balaban J connectivity index is 2.19. The minimum Gasteiger partial charge on any atom is -0.465 e. The van der Waals surface area contributed by atoms with Gasteiger partial charge in [-0.3, -0.25) is 14.2 Å². The van der Waals surface area contributed by atoms with E-state index < -0.39 is 5.25 Å². The van der Waals surface area contributed by atoms with Gasteiger partial charge >= 0.3 is 5.97 Å². The molecule has 1 atom stereocenters. The Bertz CT molecular complexity index is 1050. The number of rotatable bonds is 5. The van der Waals surface area contributed by atoms with Crippen LogP contribution < -0.4 is 5.56 Å². The standard InChI is InChI=1S/C20H19IN2O3S/c1-4-26-19(25)13(3)27-20-22-17-10-7-14(21)11-16(17)18(24)23(20)15-8-5-12(2)6-9-15/h5-11,13H,4H2,1-3H3/t13-/m1/s1. The molecule has 0 N–H and O–H groups in total. The fourth-order valence-electron chi connectivity index (χ4n) is 2.60. The van der Waals surface area contributed by atoms with Crippen LogP contribution in [0.5, 0.6) is 0 Å². The second-order valence-corrected chi connectivity index (χ2v) is 8.60. The summed E-state index contributed by atoms with van der Waals surface area (Å²) in [4.78, 5) is 30.0. The lowest BCUT2D eigenvalue weighted by Crippen LogP contribution is -2.24. The van der Waals surface area contributed by atoms with Gasteiger partial charge in [0.15, 0.2) is 5.16 Å². The van der Waals surface area contributed by atoms with Crippen LogP contribution in [0.2, 0.25) is 0 Å². The first-order valence-corrected chi connectivity index (χ1v) is 10.5. The molecule has 0 aliphatic heterocycles. The number of ether oxygens (including phenoxy) is 1. The highest BCUT2D eigenvalue weighted by Gasteiger charge is 2.21. The highest BCUT2D eigenvalue weighted by atomic mass is 127. The molecule has 1 aromatic heterocycles. The van der Waals surface area contributed by atoms with Crippen molar-refractivity contribution in [1.29, 1.82) is 0 Å². The minimum atomic E-state index is -0.477. The quantitative estimate of drug-likeness (QED) is 0.229. The predicted molar refractivity (Wildman–Crippen MR) is 117 cm³/mol. The van der Waals surface area contributed by atoms with Crippen molar-refractivity contribution >= 4 is 51.2 Å². The van der Waals surface area contributed by atoms with Gasteiger partial charge in [-0.05, 0) is 73.7 Å². The van der Waals surface area contributed by atoms with Crippen molar-refractivity contribution in [3.63, 3.8) is 0 Å². The average molecular weight is 494 g/mol. The van der Waals surface area contributed by atoms with Crippen molar-refractivity contribution in [3.05, 3.63) is 62.0 Å². The molecule has 0 aliphatic carbocycles. The fourth-order valence-corrected chi connectivity index (χ4v) is 4.02. The minimum absolute atomic E-state index is 0.152. The Kier molecular flexibility index (Phi) is 6.21. The highest BCUT2D eigenvalue weighted by Crippen LogP contribution is 2.26. The third-order valence-electron chi connectivity index (χ3n) is 3.99. The van der Waals surface area contributed by atoms with E-state index in [1.165, 1.54) is 11.8 Å². The summed E-state index contributed by atoms with van der Waals surface area (Å²) in [5, 5.41) is 0.545. The molecule has 3 rings (SSSR count). The van der Waals surface area contributed by atoms with Crippen molar-refractivity contribution in [3.8, 4) is 5.69 Å². The number of carbonyl (C=O) groups is 1. The Morgan fingerprint density at radius 3 is 2.63 bits per heavy atom. The zero-order valence-electron chi connectivity index (χ0n) is 15.2. The molecule has 5 nitrogen and oxygen atoms in total. The number of aryl methyl sites for hydroxylation is 1. The van der Waals surface area contributed by atoms with Gasteiger partial charge in [-0.1, -0.05) is 29.5 Å². The lowest BCUT2D eigenvalue weighted by Gasteiger charge is -2.16. The fraction of sp³-hybridized carbons (Fsp3) is 0.250. The van der Waals surface area contributed by atoms with Crippen LogP contribution in [-0.2, 0) is 9.53 Å². The summed E-state index contributed by atoms with van der Waals surface area (Å²) in [7, 11) is 0. The maximum absolute atomic E-state index is 13.3. The van der Waals surface area contributed by atoms with Crippen molar-refractivity contribution < 1.29 is 9.53 Å². The molecule has 2 aromatic carbocycles. The molecule has 0 saturated heterocycles. The maximum Gasteiger partial charge on any atom is 0.319 e. The molecular weight excluding hydrogens is 475 g/mol. The number of thioether (sulfide) groups is 1. The van der Waals surface area contributed by atoms with E-state index in [0.29, 0.717) is 22.7 Å². The van der Waals surface area contributed by atoms with Gasteiger partial charge in [0.1, 0.15) is 5.25 Å². The number of halogens is 1. The zero-order chi connectivity index (χ0) is 19.6. The van der Waals surface area contributed by atoms with Crippen LogP contribution in [0.4, 0.5) is 0 Å². The first-order valence-electron chi connectivity index (χ1n) is 8.53. The molecule has 0 unspecified atom stereocenters. The van der Waals surface area contributed by atoms with Crippen LogP contribution in [-0.4, -0.2) is 27.4 Å². The lowest BCUT2D eigenvalue weighted by molar-refractivity contribution is -0.142. The van der Waals surface area contributed by atoms with Gasteiger partial charge in [-0.25, -0.2) is 4.98 Å². The van der Waals surface area contributed by atoms with Crippen molar-refractivity contribution in [2.45, 2.75) is 31.2 Å². The number of esters is 1. The third kappa shape index (κ3) is 4.35. The van der Waals surface area contributed by atoms with Crippen LogP contribution in [0.25, 0.3) is 16.6 Å². The highest BCUT2D eigenvalue weighted by molar-refractivity contribution is 14.1. The van der Waals surface area contributed by atoms with Crippen molar-refractivity contribution in [1.82, 2.24) is 9.55 Å². The number of hydrogen-bond donors (Lipinski definition) is 0. The molecule has 27 heavy (non-hydrogen) atoms. The molecular formula is C20H19IN2O3S. The van der Waals surface area contributed by atoms with E-state index in [1.54, 1.807) is 18.4 Å². The molecule has 0 radical (unpaired) electrons. The van der Waals surface area contributed by atoms with E-state index >= 15 is 0 Å². The Morgan fingerprint density at radius 1 is 1.26 bits per heavy atom. The number of nitrogens with zero attached hydrogens (tertiary/aromatic N) is 2. The van der Waals surface area contributed by atoms with Gasteiger partial charge in [0.05, 0.1) is 23.2 Å². The van der Waals surface area contributed by atoms with Crippen LogP contribution in [0.1, 0.15) is 19.4 Å². The first-order chi connectivity index (χ1) is 12.9. The summed E-state index contributed by atoms with van der Waals surface area (Å²) >= 11 is 3.41. The molecule has 0 fully saturated rings. The van der Waals surface area contributed by atoms with E-state index in [4.69, 9.17) is 4.74 Å². The molecule has 0 saturated carbocycles. The third-order valence-corrected chi connectivity index (χ3v) is 5.69. The van der Waals surface area contributed by atoms with Crippen LogP contribution >= 0.6 is 34.4 Å². The average Bonchev–Trinajstić information content (AvgIpc) is 2.64. The summed E-state index contributed by atoms with van der Waals surface area (Å²) in [6, 6.07) is 13.2. The molecule has 7 heteroatoms. The van der Waals surface area contributed by atoms with Gasteiger partial charge < -0.3 is 4.74 Å². The molecule has 3 aromatic rings. The summed E-state index contributed by atoms with van der Waals surface area (Å²) in [5.41, 5.74) is 2.28. The van der Waals surface area contributed by atoms with Crippen LogP contribution in [0.15, 0.2) is 52.4 Å². The van der Waals surface area contributed by atoms with E-state index in [0.717, 1.165) is 14.8 Å². The predicted octanol–water partition coefficient (Wildman–Crippen LogP) is 4.34. The number of hydrogen-bond acceptors (Lipinski definition) is 5. The zero-order valence-corrected chi connectivity index (χ0v) is 18.2. The molecule has 140 valence electrons. The molecule has 1 heterocycles. The molecule has 0 amide bonds. The van der Waals surface area contributed by atoms with Crippen molar-refractivity contribution in [2.24, 2.45) is 0 Å². The summed E-state index contributed by atoms with van der Waals surface area (Å²) < 4.78 is 7.63. The Morgan fingerprint density at radius 2 is 1.96 bits per heavy atom. The monoisotopic (exact) mass is 494 g/mol. The van der Waals surface area contributed by atoms with Crippen LogP contribution in [0.3, 0.4) is 0 Å². The summed E-state index contributed by atoms with van der Waals surface area (Å²) in [6.07, 6.45) is 0. The van der Waals surface area contributed by atoms with Gasteiger partial charge in [-0.15, -0.1) is 0 Å². The Hall–Kier alpha value is -1.87. The van der Waals surface area contributed by atoms with Crippen LogP contribution in [0, 0.1) is 10.5 Å². The topological polar surface area (TPSA) is 61.2 Å². The molecule has 0 bridgehead atoms. The van der Waals surface area contributed by atoms with Gasteiger partial charge in [0, 0.05) is 3.57 Å². The lowest BCUT2D eigenvalue weighted by atomic mass is 10.2. The van der Waals surface area contributed by atoms with E-state index in [2.05, 4.69) is 27.6 Å². The largest absolute Gasteiger partial charge is 0.465 e. The van der Waals surface area contributed by atoms with Gasteiger partial charge in [0.2, 0.25) is 0 Å². The first kappa shape index (κ1) is 19.9. The number of aromatic nitrogens is 2. The van der Waals surface area contributed by atoms with E-state index in [9.17, 15) is 9.59 Å². The maximum atomic E-state index is 13.3. The van der Waals surface area contributed by atoms with Gasteiger partial charge in [-0.2, -0.15) is 0 Å². The summed E-state index contributed by atoms with van der Waals surface area (Å²) in [6.45, 7) is 5.84.